The molecule has 0 amide bonds. The standard InChI is InChI=1S/C9H17/c1-8-6-4-5-7-9(8,2)3/h4-7H2,1-3H3/q-1. The molecular formula is C9H17-. The summed E-state index contributed by atoms with van der Waals surface area (Å²) in [6, 6.07) is 0. The first-order valence-corrected chi connectivity index (χ1v) is 3.96. The molecule has 0 heterocycles. The minimum Gasteiger partial charge on any atom is -0.311 e. The first-order chi connectivity index (χ1) is 4.13. The van der Waals surface area contributed by atoms with Crippen LogP contribution in [0.5, 0.6) is 0 Å². The van der Waals surface area contributed by atoms with Crippen LogP contribution in [0.15, 0.2) is 0 Å². The SMILES string of the molecule is C[C-]1CCCCC1(C)C. The van der Waals surface area contributed by atoms with E-state index in [1.807, 2.05) is 0 Å². The van der Waals surface area contributed by atoms with E-state index in [0.29, 0.717) is 5.41 Å². The van der Waals surface area contributed by atoms with Crippen molar-refractivity contribution in [2.45, 2.75) is 46.5 Å². The lowest BCUT2D eigenvalue weighted by Gasteiger charge is -2.48. The van der Waals surface area contributed by atoms with Crippen LogP contribution in [-0.4, -0.2) is 0 Å². The van der Waals surface area contributed by atoms with Crippen molar-refractivity contribution in [3.05, 3.63) is 5.92 Å². The Morgan fingerprint density at radius 1 is 1.22 bits per heavy atom. The summed E-state index contributed by atoms with van der Waals surface area (Å²) >= 11 is 0. The molecule has 0 spiro atoms. The van der Waals surface area contributed by atoms with Gasteiger partial charge in [0.25, 0.3) is 0 Å². The molecule has 0 aromatic carbocycles. The highest BCUT2D eigenvalue weighted by molar-refractivity contribution is 5.01. The van der Waals surface area contributed by atoms with Crippen LogP contribution >= 0.6 is 0 Å². The molecule has 1 aliphatic rings. The van der Waals surface area contributed by atoms with Gasteiger partial charge in [-0.25, -0.2) is 0 Å². The molecule has 1 fully saturated rings. The minimum atomic E-state index is 0.554. The maximum Gasteiger partial charge on any atom is -0.0577 e. The Kier molecular flexibility index (Phi) is 1.83. The zero-order valence-electron chi connectivity index (χ0n) is 6.83. The van der Waals surface area contributed by atoms with E-state index in [0.717, 1.165) is 0 Å². The van der Waals surface area contributed by atoms with Crippen molar-refractivity contribution in [3.63, 3.8) is 0 Å². The summed E-state index contributed by atoms with van der Waals surface area (Å²) in [6.07, 6.45) is 5.63. The average molecular weight is 125 g/mol. The van der Waals surface area contributed by atoms with Crippen LogP contribution in [0, 0.1) is 11.3 Å². The number of hydrogen-bond donors (Lipinski definition) is 0. The van der Waals surface area contributed by atoms with E-state index in [-0.39, 0.29) is 0 Å². The van der Waals surface area contributed by atoms with Crippen molar-refractivity contribution in [1.29, 1.82) is 0 Å². The molecular weight excluding hydrogens is 108 g/mol. The third-order valence-electron chi connectivity index (χ3n) is 2.76. The molecule has 0 N–H and O–H groups in total. The van der Waals surface area contributed by atoms with E-state index in [1.54, 1.807) is 5.92 Å². The van der Waals surface area contributed by atoms with Gasteiger partial charge in [-0.2, -0.15) is 18.8 Å². The summed E-state index contributed by atoms with van der Waals surface area (Å²) in [7, 11) is 0. The monoisotopic (exact) mass is 125 g/mol. The molecule has 54 valence electrons. The third kappa shape index (κ3) is 1.47. The van der Waals surface area contributed by atoms with Gasteiger partial charge < -0.3 is 5.92 Å². The van der Waals surface area contributed by atoms with Gasteiger partial charge in [-0.1, -0.05) is 33.1 Å². The summed E-state index contributed by atoms with van der Waals surface area (Å²) in [5.41, 5.74) is 0.554. The molecule has 0 radical (unpaired) electrons. The Labute approximate surface area is 58.7 Å². The summed E-state index contributed by atoms with van der Waals surface area (Å²) in [4.78, 5) is 0. The molecule has 1 aliphatic carbocycles. The molecule has 9 heavy (non-hydrogen) atoms. The van der Waals surface area contributed by atoms with E-state index >= 15 is 0 Å². The molecule has 0 heteroatoms. The third-order valence-corrected chi connectivity index (χ3v) is 2.76. The van der Waals surface area contributed by atoms with E-state index in [2.05, 4.69) is 20.8 Å². The van der Waals surface area contributed by atoms with Crippen molar-refractivity contribution in [3.8, 4) is 0 Å². The number of rotatable bonds is 0. The Hall–Kier alpha value is 0. The Balaban J connectivity index is 2.49. The van der Waals surface area contributed by atoms with Gasteiger partial charge in [0.05, 0.1) is 0 Å². The Morgan fingerprint density at radius 2 is 1.89 bits per heavy atom. The predicted molar refractivity (Wildman–Crippen MR) is 41.2 cm³/mol. The highest BCUT2D eigenvalue weighted by Gasteiger charge is 2.16. The zero-order chi connectivity index (χ0) is 6.91. The zero-order valence-corrected chi connectivity index (χ0v) is 6.83. The fourth-order valence-electron chi connectivity index (χ4n) is 1.51. The minimum absolute atomic E-state index is 0.554. The van der Waals surface area contributed by atoms with Crippen LogP contribution < -0.4 is 0 Å². The predicted octanol–water partition coefficient (Wildman–Crippen LogP) is 3.18. The van der Waals surface area contributed by atoms with Gasteiger partial charge in [0.15, 0.2) is 0 Å². The largest absolute Gasteiger partial charge is 0.311 e. The molecule has 0 aromatic rings. The van der Waals surface area contributed by atoms with Crippen molar-refractivity contribution in [2.75, 3.05) is 0 Å². The number of hydrogen-bond acceptors (Lipinski definition) is 0. The first kappa shape index (κ1) is 7.11. The molecule has 0 aromatic heterocycles. The maximum absolute atomic E-state index is 2.36. The van der Waals surface area contributed by atoms with Crippen LogP contribution in [0.1, 0.15) is 46.5 Å². The topological polar surface area (TPSA) is 0 Å². The van der Waals surface area contributed by atoms with Crippen LogP contribution in [0.4, 0.5) is 0 Å². The van der Waals surface area contributed by atoms with Gasteiger partial charge in [0.1, 0.15) is 0 Å². The smallest absolute Gasteiger partial charge is 0.0577 e. The molecule has 1 saturated carbocycles. The lowest BCUT2D eigenvalue weighted by Crippen LogP contribution is -2.23. The van der Waals surface area contributed by atoms with Gasteiger partial charge in [-0.3, -0.25) is 0 Å². The van der Waals surface area contributed by atoms with Crippen LogP contribution in [0.3, 0.4) is 0 Å². The van der Waals surface area contributed by atoms with E-state index < -0.39 is 0 Å². The van der Waals surface area contributed by atoms with Gasteiger partial charge >= 0.3 is 0 Å². The second-order valence-corrected chi connectivity index (χ2v) is 3.87. The molecule has 1 rings (SSSR count). The van der Waals surface area contributed by atoms with Crippen molar-refractivity contribution in [1.82, 2.24) is 0 Å². The fraction of sp³-hybridized carbons (Fsp3) is 0.889. The van der Waals surface area contributed by atoms with E-state index in [4.69, 9.17) is 0 Å². The normalized spacial score (nSPS) is 28.3. The van der Waals surface area contributed by atoms with E-state index in [9.17, 15) is 0 Å². The summed E-state index contributed by atoms with van der Waals surface area (Å²) < 4.78 is 0. The van der Waals surface area contributed by atoms with Gasteiger partial charge in [-0.15, -0.1) is 0 Å². The van der Waals surface area contributed by atoms with Crippen LogP contribution in [0.2, 0.25) is 0 Å². The fourth-order valence-corrected chi connectivity index (χ4v) is 1.51. The van der Waals surface area contributed by atoms with Crippen LogP contribution in [-0.2, 0) is 0 Å². The van der Waals surface area contributed by atoms with Gasteiger partial charge in [0, 0.05) is 0 Å². The molecule has 0 unspecified atom stereocenters. The molecule has 0 bridgehead atoms. The van der Waals surface area contributed by atoms with Gasteiger partial charge in [-0.05, 0) is 0 Å². The highest BCUT2D eigenvalue weighted by atomic mass is 14.3. The van der Waals surface area contributed by atoms with E-state index in [1.165, 1.54) is 25.7 Å². The maximum atomic E-state index is 2.36. The summed E-state index contributed by atoms with van der Waals surface area (Å²) in [5, 5.41) is 0. The summed E-state index contributed by atoms with van der Waals surface area (Å²) in [5.74, 6) is 1.70. The molecule has 0 saturated heterocycles. The van der Waals surface area contributed by atoms with Crippen LogP contribution in [0.25, 0.3) is 0 Å². The summed E-state index contributed by atoms with van der Waals surface area (Å²) in [6.45, 7) is 7.03. The Bertz CT molecular complexity index is 92.2. The van der Waals surface area contributed by atoms with Crippen molar-refractivity contribution < 1.29 is 0 Å². The lowest BCUT2D eigenvalue weighted by molar-refractivity contribution is 0.283. The quantitative estimate of drug-likeness (QED) is 0.436. The van der Waals surface area contributed by atoms with Crippen molar-refractivity contribution >= 4 is 0 Å². The first-order valence-electron chi connectivity index (χ1n) is 3.96. The second-order valence-electron chi connectivity index (χ2n) is 3.87. The highest BCUT2D eigenvalue weighted by Crippen LogP contribution is 2.41. The van der Waals surface area contributed by atoms with Crippen molar-refractivity contribution in [2.24, 2.45) is 5.41 Å². The molecule has 0 nitrogen and oxygen atoms in total. The molecule has 0 aliphatic heterocycles. The van der Waals surface area contributed by atoms with Gasteiger partial charge in [0.2, 0.25) is 0 Å². The second kappa shape index (κ2) is 2.32. The molecule has 0 atom stereocenters. The lowest BCUT2D eigenvalue weighted by atomic mass is 9.70. The average Bonchev–Trinajstić information content (AvgIpc) is 1.77. The Morgan fingerprint density at radius 3 is 2.22 bits per heavy atom.